The molecule has 0 amide bonds. The van der Waals surface area contributed by atoms with Crippen molar-refractivity contribution in [2.45, 2.75) is 32.9 Å². The van der Waals surface area contributed by atoms with Gasteiger partial charge < -0.3 is 19.8 Å². The number of rotatable bonds is 5. The van der Waals surface area contributed by atoms with E-state index in [1.165, 1.54) is 4.90 Å². The van der Waals surface area contributed by atoms with E-state index in [0.717, 1.165) is 26.3 Å². The number of nitrogens with one attached hydrogen (secondary N) is 1. The van der Waals surface area contributed by atoms with Crippen LogP contribution < -0.4 is 4.90 Å². The molecule has 0 radical (unpaired) electrons. The first-order valence-corrected chi connectivity index (χ1v) is 7.66. The van der Waals surface area contributed by atoms with Crippen LogP contribution in [0.25, 0.3) is 0 Å². The molecular weight excluding hydrogens is 282 g/mol. The SMILES string of the molecule is Cc1ncc(CO)c(C=NCC(C)(C)[NH+]2CCOCC2)c1O. The second-order valence-electron chi connectivity index (χ2n) is 6.36. The van der Waals surface area contributed by atoms with E-state index in [2.05, 4.69) is 23.8 Å². The summed E-state index contributed by atoms with van der Waals surface area (Å²) in [6, 6.07) is 0. The highest BCUT2D eigenvalue weighted by Crippen LogP contribution is 2.22. The fourth-order valence-corrected chi connectivity index (χ4v) is 2.69. The Labute approximate surface area is 131 Å². The molecule has 6 nitrogen and oxygen atoms in total. The van der Waals surface area contributed by atoms with Crippen molar-refractivity contribution in [3.05, 3.63) is 23.0 Å². The first kappa shape index (κ1) is 16.9. The van der Waals surface area contributed by atoms with Crippen LogP contribution in [-0.4, -0.2) is 59.8 Å². The molecule has 2 heterocycles. The third-order valence-corrected chi connectivity index (χ3v) is 4.29. The molecule has 6 heteroatoms. The molecule has 1 fully saturated rings. The van der Waals surface area contributed by atoms with E-state index in [4.69, 9.17) is 4.74 Å². The number of aliphatic hydroxyl groups excluding tert-OH is 1. The molecule has 0 spiro atoms. The Morgan fingerprint density at radius 1 is 1.41 bits per heavy atom. The van der Waals surface area contributed by atoms with Crippen molar-refractivity contribution >= 4 is 6.21 Å². The smallest absolute Gasteiger partial charge is 0.145 e. The Hall–Kier alpha value is -1.50. The summed E-state index contributed by atoms with van der Waals surface area (Å²) in [5.74, 6) is 0.0897. The minimum atomic E-state index is -0.166. The molecule has 0 aromatic carbocycles. The lowest BCUT2D eigenvalue weighted by Crippen LogP contribution is -3.21. The number of aromatic hydroxyl groups is 1. The molecule has 2 rings (SSSR count). The van der Waals surface area contributed by atoms with Crippen molar-refractivity contribution in [2.24, 2.45) is 4.99 Å². The number of pyridine rings is 1. The van der Waals surface area contributed by atoms with Crippen molar-refractivity contribution in [1.82, 2.24) is 4.98 Å². The number of hydrogen-bond acceptors (Lipinski definition) is 5. The van der Waals surface area contributed by atoms with Crippen molar-refractivity contribution in [3.8, 4) is 5.75 Å². The topological polar surface area (TPSA) is 79.4 Å². The fourth-order valence-electron chi connectivity index (χ4n) is 2.69. The summed E-state index contributed by atoms with van der Waals surface area (Å²) in [5, 5.41) is 19.5. The normalized spacial score (nSPS) is 17.3. The number of aromatic nitrogens is 1. The average Bonchev–Trinajstić information content (AvgIpc) is 2.52. The molecule has 1 aliphatic rings. The lowest BCUT2D eigenvalue weighted by molar-refractivity contribution is -0.953. The predicted octanol–water partition coefficient (Wildman–Crippen LogP) is -0.299. The van der Waals surface area contributed by atoms with Gasteiger partial charge in [-0.2, -0.15) is 0 Å². The summed E-state index contributed by atoms with van der Waals surface area (Å²) >= 11 is 0. The second kappa shape index (κ2) is 7.17. The Morgan fingerprint density at radius 2 is 2.09 bits per heavy atom. The van der Waals surface area contributed by atoms with E-state index in [-0.39, 0.29) is 17.9 Å². The standard InChI is InChI=1S/C16H25N3O3/c1-12-15(21)14(13(10-20)8-18-12)9-17-11-16(2,3)19-4-6-22-7-5-19/h8-9,20-21H,4-7,10-11H2,1-3H3/p+1. The summed E-state index contributed by atoms with van der Waals surface area (Å²) in [6.45, 7) is 10.2. The number of quaternary nitrogens is 1. The first-order valence-electron chi connectivity index (χ1n) is 7.66. The maximum atomic E-state index is 10.1. The van der Waals surface area contributed by atoms with Crippen molar-refractivity contribution in [2.75, 3.05) is 32.8 Å². The minimum absolute atomic E-state index is 0.0113. The second-order valence-corrected chi connectivity index (χ2v) is 6.36. The van der Waals surface area contributed by atoms with E-state index in [1.807, 2.05) is 0 Å². The molecule has 1 aliphatic heterocycles. The van der Waals surface area contributed by atoms with Gasteiger partial charge in [-0.3, -0.25) is 9.98 Å². The van der Waals surface area contributed by atoms with Gasteiger partial charge >= 0.3 is 0 Å². The molecule has 0 bridgehead atoms. The van der Waals surface area contributed by atoms with Crippen LogP contribution in [0.4, 0.5) is 0 Å². The highest BCUT2D eigenvalue weighted by atomic mass is 16.5. The molecule has 0 aliphatic carbocycles. The maximum Gasteiger partial charge on any atom is 0.145 e. The van der Waals surface area contributed by atoms with Crippen LogP contribution in [0.15, 0.2) is 11.2 Å². The number of aliphatic imine (C=N–C) groups is 1. The Morgan fingerprint density at radius 3 is 2.73 bits per heavy atom. The third kappa shape index (κ3) is 3.82. The largest absolute Gasteiger partial charge is 0.505 e. The van der Waals surface area contributed by atoms with Crippen LogP contribution in [0.2, 0.25) is 0 Å². The van der Waals surface area contributed by atoms with Gasteiger partial charge in [-0.25, -0.2) is 0 Å². The number of nitrogens with zero attached hydrogens (tertiary/aromatic N) is 2. The van der Waals surface area contributed by atoms with Crippen LogP contribution in [0, 0.1) is 6.92 Å². The molecule has 22 heavy (non-hydrogen) atoms. The number of aliphatic hydroxyl groups is 1. The van der Waals surface area contributed by atoms with Crippen LogP contribution in [-0.2, 0) is 11.3 Å². The van der Waals surface area contributed by atoms with Gasteiger partial charge in [-0.05, 0) is 20.8 Å². The summed E-state index contributed by atoms with van der Waals surface area (Å²) in [5.41, 5.74) is 1.69. The molecule has 0 saturated carbocycles. The van der Waals surface area contributed by atoms with Crippen molar-refractivity contribution in [1.29, 1.82) is 0 Å². The van der Waals surface area contributed by atoms with Crippen LogP contribution in [0.3, 0.4) is 0 Å². The van der Waals surface area contributed by atoms with Gasteiger partial charge in [0.05, 0.1) is 32.1 Å². The van der Waals surface area contributed by atoms with Crippen LogP contribution in [0.5, 0.6) is 5.75 Å². The van der Waals surface area contributed by atoms with Gasteiger partial charge in [0, 0.05) is 23.5 Å². The maximum absolute atomic E-state index is 10.1. The predicted molar refractivity (Wildman–Crippen MR) is 84.6 cm³/mol. The van der Waals surface area contributed by atoms with Gasteiger partial charge in [0.1, 0.15) is 24.4 Å². The van der Waals surface area contributed by atoms with Gasteiger partial charge in [-0.1, -0.05) is 0 Å². The van der Waals surface area contributed by atoms with Gasteiger partial charge in [-0.15, -0.1) is 0 Å². The van der Waals surface area contributed by atoms with E-state index in [1.54, 1.807) is 19.3 Å². The number of hydrogen-bond donors (Lipinski definition) is 3. The molecule has 1 saturated heterocycles. The summed E-state index contributed by atoms with van der Waals surface area (Å²) in [4.78, 5) is 10.0. The first-order chi connectivity index (χ1) is 10.5. The summed E-state index contributed by atoms with van der Waals surface area (Å²) in [7, 11) is 0. The van der Waals surface area contributed by atoms with Crippen molar-refractivity contribution in [3.63, 3.8) is 0 Å². The van der Waals surface area contributed by atoms with E-state index in [0.29, 0.717) is 23.4 Å². The Kier molecular flexibility index (Phi) is 5.50. The lowest BCUT2D eigenvalue weighted by Gasteiger charge is -2.36. The zero-order valence-corrected chi connectivity index (χ0v) is 13.6. The Bertz CT molecular complexity index is 538. The lowest BCUT2D eigenvalue weighted by atomic mass is 10.0. The zero-order valence-electron chi connectivity index (χ0n) is 13.6. The number of ether oxygens (including phenoxy) is 1. The monoisotopic (exact) mass is 308 g/mol. The van der Waals surface area contributed by atoms with Crippen LogP contribution in [0.1, 0.15) is 30.7 Å². The molecule has 0 unspecified atom stereocenters. The molecular formula is C16H26N3O3+. The molecule has 122 valence electrons. The molecule has 3 N–H and O–H groups in total. The third-order valence-electron chi connectivity index (χ3n) is 4.29. The summed E-state index contributed by atoms with van der Waals surface area (Å²) in [6.07, 6.45) is 3.23. The fraction of sp³-hybridized carbons (Fsp3) is 0.625. The number of morpholine rings is 1. The van der Waals surface area contributed by atoms with E-state index >= 15 is 0 Å². The van der Waals surface area contributed by atoms with Crippen LogP contribution >= 0.6 is 0 Å². The number of aryl methyl sites for hydroxylation is 1. The van der Waals surface area contributed by atoms with Crippen molar-refractivity contribution < 1.29 is 19.8 Å². The van der Waals surface area contributed by atoms with E-state index in [9.17, 15) is 10.2 Å². The quantitative estimate of drug-likeness (QED) is 0.653. The van der Waals surface area contributed by atoms with Gasteiger partial charge in [0.25, 0.3) is 0 Å². The highest BCUT2D eigenvalue weighted by molar-refractivity contribution is 5.85. The summed E-state index contributed by atoms with van der Waals surface area (Å²) < 4.78 is 5.40. The zero-order chi connectivity index (χ0) is 16.2. The van der Waals surface area contributed by atoms with Gasteiger partial charge in [0.15, 0.2) is 0 Å². The van der Waals surface area contributed by atoms with E-state index < -0.39 is 0 Å². The minimum Gasteiger partial charge on any atom is -0.505 e. The average molecular weight is 308 g/mol. The molecule has 0 atom stereocenters. The molecule has 1 aromatic rings. The van der Waals surface area contributed by atoms with Gasteiger partial charge in [0.2, 0.25) is 0 Å². The highest BCUT2D eigenvalue weighted by Gasteiger charge is 2.31. The Balaban J connectivity index is 2.10. The molecule has 1 aromatic heterocycles.